The van der Waals surface area contributed by atoms with E-state index in [2.05, 4.69) is 11.9 Å². The molecule has 1 aromatic carbocycles. The maximum absolute atomic E-state index is 11.2. The molecule has 1 aliphatic heterocycles. The summed E-state index contributed by atoms with van der Waals surface area (Å²) in [7, 11) is 0. The fourth-order valence-electron chi connectivity index (χ4n) is 1.35. The number of hydrogen-bond acceptors (Lipinski definition) is 3. The molecule has 0 spiro atoms. The summed E-state index contributed by atoms with van der Waals surface area (Å²) in [5.41, 5.74) is 0.539. The van der Waals surface area contributed by atoms with Crippen LogP contribution in [-0.2, 0) is 4.79 Å². The number of carbonyl (C=O) groups excluding carboxylic acids is 1. The Hall–Kier alpha value is -1.68. The first-order valence-corrected chi connectivity index (χ1v) is 5.06. The SMILES string of the molecule is C=C(Cl)COc1cccc2c1NC(=O)CO2. The van der Waals surface area contributed by atoms with Gasteiger partial charge in [0, 0.05) is 5.03 Å². The van der Waals surface area contributed by atoms with Gasteiger partial charge in [0.25, 0.3) is 5.91 Å². The van der Waals surface area contributed by atoms with Gasteiger partial charge in [-0.2, -0.15) is 0 Å². The van der Waals surface area contributed by atoms with Crippen molar-refractivity contribution in [3.63, 3.8) is 0 Å². The Morgan fingerprint density at radius 1 is 1.62 bits per heavy atom. The molecule has 16 heavy (non-hydrogen) atoms. The topological polar surface area (TPSA) is 47.6 Å². The molecule has 5 heteroatoms. The lowest BCUT2D eigenvalue weighted by Crippen LogP contribution is -2.25. The number of nitrogens with one attached hydrogen (secondary N) is 1. The van der Waals surface area contributed by atoms with Gasteiger partial charge in [0.05, 0.1) is 0 Å². The summed E-state index contributed by atoms with van der Waals surface area (Å²) in [6.45, 7) is 3.73. The zero-order chi connectivity index (χ0) is 11.5. The summed E-state index contributed by atoms with van der Waals surface area (Å²) in [6.07, 6.45) is 0. The summed E-state index contributed by atoms with van der Waals surface area (Å²) >= 11 is 5.60. The zero-order valence-corrected chi connectivity index (χ0v) is 9.21. The zero-order valence-electron chi connectivity index (χ0n) is 8.46. The highest BCUT2D eigenvalue weighted by atomic mass is 35.5. The molecular formula is C11H10ClNO3. The van der Waals surface area contributed by atoms with Crippen molar-refractivity contribution in [3.8, 4) is 11.5 Å². The Labute approximate surface area is 97.8 Å². The predicted molar refractivity (Wildman–Crippen MR) is 61.1 cm³/mol. The van der Waals surface area contributed by atoms with E-state index in [1.54, 1.807) is 18.2 Å². The number of benzene rings is 1. The monoisotopic (exact) mass is 239 g/mol. The van der Waals surface area contributed by atoms with Crippen molar-refractivity contribution in [1.29, 1.82) is 0 Å². The molecule has 0 atom stereocenters. The maximum atomic E-state index is 11.2. The van der Waals surface area contributed by atoms with Gasteiger partial charge in [0.15, 0.2) is 6.61 Å². The van der Waals surface area contributed by atoms with Gasteiger partial charge in [0.1, 0.15) is 23.8 Å². The molecule has 0 saturated heterocycles. The van der Waals surface area contributed by atoms with Gasteiger partial charge < -0.3 is 14.8 Å². The highest BCUT2D eigenvalue weighted by Crippen LogP contribution is 2.36. The molecule has 0 aromatic heterocycles. The first kappa shape index (κ1) is 10.8. The molecule has 0 bridgehead atoms. The van der Waals surface area contributed by atoms with Crippen LogP contribution in [0, 0.1) is 0 Å². The average Bonchev–Trinajstić information content (AvgIpc) is 2.26. The van der Waals surface area contributed by atoms with Crippen LogP contribution in [-0.4, -0.2) is 19.1 Å². The van der Waals surface area contributed by atoms with Crippen LogP contribution in [0.25, 0.3) is 0 Å². The fourth-order valence-corrected chi connectivity index (χ4v) is 1.40. The molecule has 0 radical (unpaired) electrons. The van der Waals surface area contributed by atoms with E-state index in [1.165, 1.54) is 0 Å². The van der Waals surface area contributed by atoms with Crippen LogP contribution < -0.4 is 14.8 Å². The van der Waals surface area contributed by atoms with Gasteiger partial charge in [-0.1, -0.05) is 24.2 Å². The Morgan fingerprint density at radius 2 is 2.44 bits per heavy atom. The summed E-state index contributed by atoms with van der Waals surface area (Å²) in [5, 5.41) is 3.08. The lowest BCUT2D eigenvalue weighted by atomic mass is 10.2. The van der Waals surface area contributed by atoms with Crippen LogP contribution in [0.15, 0.2) is 29.8 Å². The van der Waals surface area contributed by atoms with Crippen LogP contribution in [0.1, 0.15) is 0 Å². The molecule has 1 heterocycles. The third-order valence-electron chi connectivity index (χ3n) is 2.00. The first-order chi connectivity index (χ1) is 7.66. The Bertz CT molecular complexity index is 445. The number of fused-ring (bicyclic) bond motifs is 1. The standard InChI is InChI=1S/C11H10ClNO3/c1-7(12)5-15-8-3-2-4-9-11(8)13-10(14)6-16-9/h2-4H,1,5-6H2,(H,13,14). The number of amides is 1. The van der Waals surface area contributed by atoms with E-state index in [0.29, 0.717) is 22.2 Å². The van der Waals surface area contributed by atoms with E-state index in [-0.39, 0.29) is 19.1 Å². The summed E-state index contributed by atoms with van der Waals surface area (Å²) in [4.78, 5) is 11.2. The van der Waals surface area contributed by atoms with Crippen LogP contribution in [0.3, 0.4) is 0 Å². The molecule has 4 nitrogen and oxygen atoms in total. The highest BCUT2D eigenvalue weighted by molar-refractivity contribution is 6.29. The molecule has 1 aromatic rings. The second-order valence-corrected chi connectivity index (χ2v) is 3.81. The largest absolute Gasteiger partial charge is 0.486 e. The fraction of sp³-hybridized carbons (Fsp3) is 0.182. The average molecular weight is 240 g/mol. The lowest BCUT2D eigenvalue weighted by molar-refractivity contribution is -0.118. The number of hydrogen-bond donors (Lipinski definition) is 1. The molecular weight excluding hydrogens is 230 g/mol. The van der Waals surface area contributed by atoms with E-state index in [1.807, 2.05) is 0 Å². The Kier molecular flexibility index (Phi) is 3.01. The van der Waals surface area contributed by atoms with Crippen LogP contribution in [0.5, 0.6) is 11.5 Å². The van der Waals surface area contributed by atoms with E-state index < -0.39 is 0 Å². The number of ether oxygens (including phenoxy) is 2. The highest BCUT2D eigenvalue weighted by Gasteiger charge is 2.19. The van der Waals surface area contributed by atoms with E-state index in [0.717, 1.165) is 0 Å². The van der Waals surface area contributed by atoms with Gasteiger partial charge in [-0.25, -0.2) is 0 Å². The van der Waals surface area contributed by atoms with Gasteiger partial charge in [-0.15, -0.1) is 0 Å². The van der Waals surface area contributed by atoms with Crippen LogP contribution in [0.2, 0.25) is 0 Å². The van der Waals surface area contributed by atoms with Crippen molar-refractivity contribution in [2.24, 2.45) is 0 Å². The van der Waals surface area contributed by atoms with E-state index in [9.17, 15) is 4.79 Å². The smallest absolute Gasteiger partial charge is 0.262 e. The number of anilines is 1. The maximum Gasteiger partial charge on any atom is 0.262 e. The normalized spacial score (nSPS) is 13.4. The Morgan fingerprint density at radius 3 is 3.19 bits per heavy atom. The van der Waals surface area contributed by atoms with Crippen molar-refractivity contribution >= 4 is 23.2 Å². The van der Waals surface area contributed by atoms with Crippen LogP contribution >= 0.6 is 11.6 Å². The first-order valence-electron chi connectivity index (χ1n) is 4.68. The molecule has 1 aliphatic rings. The minimum atomic E-state index is -0.201. The van der Waals surface area contributed by atoms with Crippen molar-refractivity contribution in [2.45, 2.75) is 0 Å². The summed E-state index contributed by atoms with van der Waals surface area (Å²) in [6, 6.07) is 5.27. The molecule has 0 saturated carbocycles. The van der Waals surface area contributed by atoms with Crippen LogP contribution in [0.4, 0.5) is 5.69 Å². The third-order valence-corrected chi connectivity index (χ3v) is 2.10. The quantitative estimate of drug-likeness (QED) is 0.879. The number of rotatable bonds is 3. The molecule has 0 fully saturated rings. The molecule has 2 rings (SSSR count). The molecule has 1 amide bonds. The minimum Gasteiger partial charge on any atom is -0.486 e. The van der Waals surface area contributed by atoms with E-state index in [4.69, 9.17) is 21.1 Å². The van der Waals surface area contributed by atoms with Gasteiger partial charge in [-0.05, 0) is 12.1 Å². The lowest BCUT2D eigenvalue weighted by Gasteiger charge is -2.20. The minimum absolute atomic E-state index is 0.0265. The molecule has 84 valence electrons. The third kappa shape index (κ3) is 2.28. The summed E-state index contributed by atoms with van der Waals surface area (Å²) in [5.74, 6) is 0.915. The van der Waals surface area contributed by atoms with Crippen molar-refractivity contribution in [3.05, 3.63) is 29.8 Å². The molecule has 0 unspecified atom stereocenters. The van der Waals surface area contributed by atoms with E-state index >= 15 is 0 Å². The molecule has 1 N–H and O–H groups in total. The Balaban J connectivity index is 2.24. The van der Waals surface area contributed by atoms with Gasteiger partial charge >= 0.3 is 0 Å². The number of carbonyl (C=O) groups is 1. The predicted octanol–water partition coefficient (Wildman–Crippen LogP) is 2.15. The van der Waals surface area contributed by atoms with Crippen molar-refractivity contribution in [2.75, 3.05) is 18.5 Å². The number of halogens is 1. The van der Waals surface area contributed by atoms with Gasteiger partial charge in [-0.3, -0.25) is 4.79 Å². The summed E-state index contributed by atoms with van der Waals surface area (Å²) < 4.78 is 10.6. The number of para-hydroxylation sites is 1. The second kappa shape index (κ2) is 4.45. The second-order valence-electron chi connectivity index (χ2n) is 3.27. The van der Waals surface area contributed by atoms with Crippen molar-refractivity contribution < 1.29 is 14.3 Å². The molecule has 0 aliphatic carbocycles. The van der Waals surface area contributed by atoms with Crippen molar-refractivity contribution in [1.82, 2.24) is 0 Å². The van der Waals surface area contributed by atoms with Gasteiger partial charge in [0.2, 0.25) is 0 Å².